The normalized spacial score (nSPS) is 22.2. The zero-order valence-electron chi connectivity index (χ0n) is 12.8. The van der Waals surface area contributed by atoms with Gasteiger partial charge in [-0.3, -0.25) is 0 Å². The van der Waals surface area contributed by atoms with Gasteiger partial charge in [0, 0.05) is 18.0 Å². The Morgan fingerprint density at radius 3 is 2.57 bits per heavy atom. The highest BCUT2D eigenvalue weighted by Crippen LogP contribution is 2.37. The third-order valence-electron chi connectivity index (χ3n) is 4.65. The minimum atomic E-state index is 0.202. The van der Waals surface area contributed by atoms with Crippen molar-refractivity contribution in [3.05, 3.63) is 42.0 Å². The van der Waals surface area contributed by atoms with Crippen LogP contribution in [0.4, 0.5) is 0 Å². The van der Waals surface area contributed by atoms with Crippen molar-refractivity contribution in [2.75, 3.05) is 20.2 Å². The largest absolute Gasteiger partial charge is 0.496 e. The molecule has 0 amide bonds. The van der Waals surface area contributed by atoms with E-state index in [0.717, 1.165) is 29.5 Å². The molecular weight excluding hydrogens is 260 g/mol. The number of hydrogen-bond acceptors (Lipinski definition) is 3. The second kappa shape index (κ2) is 6.04. The third kappa shape index (κ3) is 2.89. The molecular formula is C18H24N2O. The molecule has 0 aliphatic heterocycles. The molecule has 3 N–H and O–H groups in total. The van der Waals surface area contributed by atoms with Crippen molar-refractivity contribution in [1.29, 1.82) is 0 Å². The maximum Gasteiger partial charge on any atom is 0.126 e. The van der Waals surface area contributed by atoms with Gasteiger partial charge in [0.05, 0.1) is 7.11 Å². The molecule has 2 aromatic carbocycles. The fraction of sp³-hybridized carbons (Fsp3) is 0.444. The number of rotatable bonds is 6. The van der Waals surface area contributed by atoms with Gasteiger partial charge >= 0.3 is 0 Å². The smallest absolute Gasteiger partial charge is 0.126 e. The minimum Gasteiger partial charge on any atom is -0.496 e. The van der Waals surface area contributed by atoms with Crippen LogP contribution in [0.5, 0.6) is 5.75 Å². The molecule has 2 aromatic rings. The first kappa shape index (κ1) is 14.4. The summed E-state index contributed by atoms with van der Waals surface area (Å²) in [6.07, 6.45) is 1.34. The van der Waals surface area contributed by atoms with Gasteiger partial charge in [-0.05, 0) is 41.8 Å². The highest BCUT2D eigenvalue weighted by Gasteiger charge is 2.32. The number of benzene rings is 2. The van der Waals surface area contributed by atoms with Crippen molar-refractivity contribution in [1.82, 2.24) is 5.32 Å². The molecule has 0 saturated heterocycles. The Balaban J connectivity index is 1.90. The summed E-state index contributed by atoms with van der Waals surface area (Å²) in [6, 6.07) is 12.8. The van der Waals surface area contributed by atoms with Crippen LogP contribution in [0.1, 0.15) is 24.9 Å². The predicted molar refractivity (Wildman–Crippen MR) is 87.6 cm³/mol. The molecule has 112 valence electrons. The maximum absolute atomic E-state index is 6.01. The lowest BCUT2D eigenvalue weighted by molar-refractivity contribution is 0.419. The van der Waals surface area contributed by atoms with E-state index in [9.17, 15) is 0 Å². The standard InChI is InChI=1S/C18H24N2O/c1-12-9-13(12)11-20-17(10-19)15-7-8-18(21-2)16-6-4-3-5-14(15)16/h3-8,12-13,17,20H,9-11,19H2,1-2H3. The van der Waals surface area contributed by atoms with Crippen molar-refractivity contribution < 1.29 is 4.74 Å². The Morgan fingerprint density at radius 1 is 1.24 bits per heavy atom. The molecule has 3 nitrogen and oxygen atoms in total. The summed E-state index contributed by atoms with van der Waals surface area (Å²) < 4.78 is 5.47. The number of fused-ring (bicyclic) bond motifs is 1. The van der Waals surface area contributed by atoms with Gasteiger partial charge in [-0.1, -0.05) is 37.3 Å². The number of ether oxygens (including phenoxy) is 1. The van der Waals surface area contributed by atoms with Crippen molar-refractivity contribution >= 4 is 10.8 Å². The summed E-state index contributed by atoms with van der Waals surface area (Å²) in [7, 11) is 1.72. The first-order valence-corrected chi connectivity index (χ1v) is 7.73. The first-order valence-electron chi connectivity index (χ1n) is 7.73. The molecule has 1 fully saturated rings. The van der Waals surface area contributed by atoms with E-state index in [2.05, 4.69) is 36.5 Å². The molecule has 1 aliphatic carbocycles. The molecule has 0 radical (unpaired) electrons. The van der Waals surface area contributed by atoms with Crippen LogP contribution in [0.3, 0.4) is 0 Å². The predicted octanol–water partition coefficient (Wildman–Crippen LogP) is 3.09. The van der Waals surface area contributed by atoms with E-state index >= 15 is 0 Å². The van der Waals surface area contributed by atoms with Gasteiger partial charge in [-0.15, -0.1) is 0 Å². The highest BCUT2D eigenvalue weighted by molar-refractivity contribution is 5.91. The SMILES string of the molecule is COc1ccc(C(CN)NCC2CC2C)c2ccccc12. The number of methoxy groups -OCH3 is 1. The van der Waals surface area contributed by atoms with Gasteiger partial charge in [0.15, 0.2) is 0 Å². The van der Waals surface area contributed by atoms with Crippen LogP contribution in [-0.2, 0) is 0 Å². The Labute approximate surface area is 126 Å². The Kier molecular flexibility index (Phi) is 4.13. The monoisotopic (exact) mass is 284 g/mol. The van der Waals surface area contributed by atoms with Crippen LogP contribution in [0.25, 0.3) is 10.8 Å². The van der Waals surface area contributed by atoms with Gasteiger partial charge in [-0.2, -0.15) is 0 Å². The summed E-state index contributed by atoms with van der Waals surface area (Å²) in [4.78, 5) is 0. The Bertz CT molecular complexity index is 626. The quantitative estimate of drug-likeness (QED) is 0.857. The van der Waals surface area contributed by atoms with E-state index in [1.165, 1.54) is 17.4 Å². The summed E-state index contributed by atoms with van der Waals surface area (Å²) in [5, 5.41) is 6.02. The lowest BCUT2D eigenvalue weighted by Gasteiger charge is -2.20. The molecule has 3 heteroatoms. The van der Waals surface area contributed by atoms with Crippen molar-refractivity contribution in [3.63, 3.8) is 0 Å². The second-order valence-corrected chi connectivity index (χ2v) is 6.07. The molecule has 0 aromatic heterocycles. The summed E-state index contributed by atoms with van der Waals surface area (Å²) in [6.45, 7) is 3.98. The van der Waals surface area contributed by atoms with Crippen molar-refractivity contribution in [2.45, 2.75) is 19.4 Å². The van der Waals surface area contributed by atoms with Gasteiger partial charge in [0.1, 0.15) is 5.75 Å². The Hall–Kier alpha value is -1.58. The zero-order chi connectivity index (χ0) is 14.8. The van der Waals surface area contributed by atoms with Crippen LogP contribution in [-0.4, -0.2) is 20.2 Å². The number of hydrogen-bond donors (Lipinski definition) is 2. The van der Waals surface area contributed by atoms with E-state index in [1.807, 2.05) is 12.1 Å². The Morgan fingerprint density at radius 2 is 1.95 bits per heavy atom. The summed E-state index contributed by atoms with van der Waals surface area (Å²) in [5.74, 6) is 2.60. The van der Waals surface area contributed by atoms with Crippen LogP contribution >= 0.6 is 0 Å². The van der Waals surface area contributed by atoms with Gasteiger partial charge < -0.3 is 15.8 Å². The summed E-state index contributed by atoms with van der Waals surface area (Å²) in [5.41, 5.74) is 7.28. The van der Waals surface area contributed by atoms with E-state index < -0.39 is 0 Å². The fourth-order valence-corrected chi connectivity index (χ4v) is 3.07. The van der Waals surface area contributed by atoms with Crippen LogP contribution in [0, 0.1) is 11.8 Å². The van der Waals surface area contributed by atoms with Gasteiger partial charge in [-0.25, -0.2) is 0 Å². The third-order valence-corrected chi connectivity index (χ3v) is 4.65. The zero-order valence-corrected chi connectivity index (χ0v) is 12.8. The van der Waals surface area contributed by atoms with Gasteiger partial charge in [0.25, 0.3) is 0 Å². The first-order chi connectivity index (χ1) is 10.2. The molecule has 0 bridgehead atoms. The van der Waals surface area contributed by atoms with Gasteiger partial charge in [0.2, 0.25) is 0 Å². The highest BCUT2D eigenvalue weighted by atomic mass is 16.5. The van der Waals surface area contributed by atoms with Crippen molar-refractivity contribution in [2.24, 2.45) is 17.6 Å². The van der Waals surface area contributed by atoms with E-state index in [4.69, 9.17) is 10.5 Å². The molecule has 3 rings (SSSR count). The lowest BCUT2D eigenvalue weighted by Crippen LogP contribution is -2.30. The molecule has 0 spiro atoms. The molecule has 21 heavy (non-hydrogen) atoms. The molecule has 1 aliphatic rings. The average molecular weight is 284 g/mol. The fourth-order valence-electron chi connectivity index (χ4n) is 3.07. The van der Waals surface area contributed by atoms with Crippen LogP contribution in [0.2, 0.25) is 0 Å². The van der Waals surface area contributed by atoms with Crippen LogP contribution < -0.4 is 15.8 Å². The van der Waals surface area contributed by atoms with E-state index in [-0.39, 0.29) is 6.04 Å². The lowest BCUT2D eigenvalue weighted by atomic mass is 9.98. The second-order valence-electron chi connectivity index (χ2n) is 6.07. The van der Waals surface area contributed by atoms with E-state index in [0.29, 0.717) is 6.54 Å². The molecule has 3 atom stereocenters. The van der Waals surface area contributed by atoms with Crippen molar-refractivity contribution in [3.8, 4) is 5.75 Å². The minimum absolute atomic E-state index is 0.202. The number of nitrogens with one attached hydrogen (secondary N) is 1. The van der Waals surface area contributed by atoms with Crippen LogP contribution in [0.15, 0.2) is 36.4 Å². The molecule has 1 saturated carbocycles. The topological polar surface area (TPSA) is 47.3 Å². The number of nitrogens with two attached hydrogens (primary N) is 1. The molecule has 0 heterocycles. The summed E-state index contributed by atoms with van der Waals surface area (Å²) >= 11 is 0. The average Bonchev–Trinajstić information content (AvgIpc) is 3.23. The maximum atomic E-state index is 6.01. The van der Waals surface area contributed by atoms with E-state index in [1.54, 1.807) is 7.11 Å². The molecule has 3 unspecified atom stereocenters.